The Hall–Kier alpha value is -0.110. The van der Waals surface area contributed by atoms with E-state index in [0.29, 0.717) is 12.2 Å². The van der Waals surface area contributed by atoms with Crippen LogP contribution in [0.2, 0.25) is 0 Å². The average Bonchev–Trinajstić information content (AvgIpc) is 2.14. The van der Waals surface area contributed by atoms with E-state index in [0.717, 1.165) is 12.2 Å². The molecule has 0 N–H and O–H groups in total. The lowest BCUT2D eigenvalue weighted by Gasteiger charge is -2.12. The van der Waals surface area contributed by atoms with Gasteiger partial charge in [-0.2, -0.15) is 0 Å². The van der Waals surface area contributed by atoms with Crippen LogP contribution >= 0.6 is 34.8 Å². The molecule has 14 heavy (non-hydrogen) atoms. The number of hydrogen-bond donors (Lipinski definition) is 0. The summed E-state index contributed by atoms with van der Waals surface area (Å²) in [6, 6.07) is 7.15. The highest BCUT2D eigenvalue weighted by molar-refractivity contribution is 6.66. The molecular formula is C10H11Cl3O. The molecule has 1 nitrogen and oxygen atoms in total. The van der Waals surface area contributed by atoms with Gasteiger partial charge in [0.1, 0.15) is 5.75 Å². The van der Waals surface area contributed by atoms with Gasteiger partial charge in [-0.3, -0.25) is 0 Å². The number of ether oxygens (including phenoxy) is 1. The van der Waals surface area contributed by atoms with Gasteiger partial charge in [0.25, 0.3) is 0 Å². The quantitative estimate of drug-likeness (QED) is 0.730. The fraction of sp³-hybridized carbons (Fsp3) is 0.400. The van der Waals surface area contributed by atoms with Gasteiger partial charge in [-0.25, -0.2) is 0 Å². The molecule has 0 fully saturated rings. The van der Waals surface area contributed by atoms with Crippen molar-refractivity contribution in [2.24, 2.45) is 0 Å². The second kappa shape index (κ2) is 5.11. The van der Waals surface area contributed by atoms with Crippen LogP contribution in [-0.4, -0.2) is 6.61 Å². The summed E-state index contributed by atoms with van der Waals surface area (Å²) in [5.74, 6) is 0.732. The second-order valence-corrected chi connectivity index (χ2v) is 5.16. The number of alkyl halides is 3. The van der Waals surface area contributed by atoms with E-state index in [1.165, 1.54) is 0 Å². The molecule has 0 aliphatic carbocycles. The summed E-state index contributed by atoms with van der Waals surface area (Å²) in [7, 11) is 0. The van der Waals surface area contributed by atoms with E-state index in [4.69, 9.17) is 39.5 Å². The Morgan fingerprint density at radius 1 is 1.29 bits per heavy atom. The van der Waals surface area contributed by atoms with E-state index in [1.54, 1.807) is 12.1 Å². The van der Waals surface area contributed by atoms with Crippen molar-refractivity contribution in [1.29, 1.82) is 0 Å². The Morgan fingerprint density at radius 3 is 2.57 bits per heavy atom. The van der Waals surface area contributed by atoms with Crippen LogP contribution < -0.4 is 4.74 Å². The summed E-state index contributed by atoms with van der Waals surface area (Å²) in [6.07, 6.45) is 0.956. The van der Waals surface area contributed by atoms with E-state index < -0.39 is 3.79 Å². The van der Waals surface area contributed by atoms with Crippen LogP contribution in [0.15, 0.2) is 24.3 Å². The molecule has 0 aliphatic rings. The van der Waals surface area contributed by atoms with Crippen molar-refractivity contribution in [2.75, 3.05) is 6.61 Å². The van der Waals surface area contributed by atoms with Gasteiger partial charge >= 0.3 is 0 Å². The first-order chi connectivity index (χ1) is 6.54. The predicted molar refractivity (Wildman–Crippen MR) is 61.5 cm³/mol. The Morgan fingerprint density at radius 2 is 2.00 bits per heavy atom. The molecule has 1 aromatic rings. The molecule has 0 saturated carbocycles. The maximum Gasteiger partial charge on any atom is 0.216 e. The van der Waals surface area contributed by atoms with Gasteiger partial charge in [0, 0.05) is 5.56 Å². The minimum atomic E-state index is -1.38. The van der Waals surface area contributed by atoms with Crippen LogP contribution in [0.4, 0.5) is 0 Å². The first kappa shape index (κ1) is 12.0. The first-order valence-corrected chi connectivity index (χ1v) is 5.47. The molecule has 1 rings (SSSR count). The van der Waals surface area contributed by atoms with Crippen LogP contribution in [-0.2, 0) is 3.79 Å². The average molecular weight is 254 g/mol. The predicted octanol–water partition coefficient (Wildman–Crippen LogP) is 4.30. The highest BCUT2D eigenvalue weighted by Crippen LogP contribution is 2.39. The van der Waals surface area contributed by atoms with Gasteiger partial charge in [0.15, 0.2) is 0 Å². The summed E-state index contributed by atoms with van der Waals surface area (Å²) in [5.41, 5.74) is 0.621. The maximum absolute atomic E-state index is 5.74. The van der Waals surface area contributed by atoms with Gasteiger partial charge in [0.05, 0.1) is 6.61 Å². The Kier molecular flexibility index (Phi) is 4.36. The minimum Gasteiger partial charge on any atom is -0.494 e. The van der Waals surface area contributed by atoms with E-state index in [9.17, 15) is 0 Å². The molecule has 1 aromatic carbocycles. The van der Waals surface area contributed by atoms with E-state index in [-0.39, 0.29) is 0 Å². The molecule has 0 heterocycles. The van der Waals surface area contributed by atoms with Crippen molar-refractivity contribution in [1.82, 2.24) is 0 Å². The van der Waals surface area contributed by atoms with E-state index >= 15 is 0 Å². The third-order valence-corrected chi connectivity index (χ3v) is 2.29. The molecule has 78 valence electrons. The van der Waals surface area contributed by atoms with E-state index in [1.807, 2.05) is 19.1 Å². The topological polar surface area (TPSA) is 9.23 Å². The van der Waals surface area contributed by atoms with Crippen LogP contribution in [0.1, 0.15) is 18.9 Å². The van der Waals surface area contributed by atoms with Gasteiger partial charge in [0.2, 0.25) is 3.79 Å². The van der Waals surface area contributed by atoms with E-state index in [2.05, 4.69) is 0 Å². The molecule has 4 heteroatoms. The molecule has 0 aliphatic heterocycles. The van der Waals surface area contributed by atoms with Crippen molar-refractivity contribution in [3.05, 3.63) is 29.8 Å². The number of rotatable bonds is 3. The summed E-state index contributed by atoms with van der Waals surface area (Å²) >= 11 is 17.2. The molecule has 0 bridgehead atoms. The summed E-state index contributed by atoms with van der Waals surface area (Å²) in [5, 5.41) is 0. The van der Waals surface area contributed by atoms with Crippen LogP contribution in [0.3, 0.4) is 0 Å². The fourth-order valence-corrected chi connectivity index (χ4v) is 1.33. The normalized spacial score (nSPS) is 11.4. The fourth-order valence-electron chi connectivity index (χ4n) is 0.982. The summed E-state index contributed by atoms with van der Waals surface area (Å²) in [6.45, 7) is 2.71. The van der Waals surface area contributed by atoms with Crippen molar-refractivity contribution < 1.29 is 4.74 Å². The maximum atomic E-state index is 5.74. The van der Waals surface area contributed by atoms with Crippen molar-refractivity contribution in [2.45, 2.75) is 17.1 Å². The number of hydrogen-bond acceptors (Lipinski definition) is 1. The lowest BCUT2D eigenvalue weighted by molar-refractivity contribution is 0.317. The summed E-state index contributed by atoms with van der Waals surface area (Å²) < 4.78 is 4.03. The van der Waals surface area contributed by atoms with Crippen molar-refractivity contribution in [3.63, 3.8) is 0 Å². The zero-order valence-electron chi connectivity index (χ0n) is 7.77. The lowest BCUT2D eigenvalue weighted by atomic mass is 10.2. The van der Waals surface area contributed by atoms with Crippen LogP contribution in [0.25, 0.3) is 0 Å². The highest BCUT2D eigenvalue weighted by Gasteiger charge is 2.22. The Labute approximate surface area is 98.9 Å². The van der Waals surface area contributed by atoms with Crippen LogP contribution in [0, 0.1) is 0 Å². The molecule has 0 atom stereocenters. The second-order valence-electron chi connectivity index (χ2n) is 2.87. The molecule has 0 amide bonds. The smallest absolute Gasteiger partial charge is 0.216 e. The third kappa shape index (κ3) is 3.56. The van der Waals surface area contributed by atoms with Gasteiger partial charge in [-0.1, -0.05) is 53.9 Å². The Balaban J connectivity index is 2.79. The minimum absolute atomic E-state index is 0.621. The largest absolute Gasteiger partial charge is 0.494 e. The van der Waals surface area contributed by atoms with Crippen molar-refractivity contribution >= 4 is 34.8 Å². The molecule has 0 aromatic heterocycles. The van der Waals surface area contributed by atoms with Gasteiger partial charge in [-0.05, 0) is 18.6 Å². The van der Waals surface area contributed by atoms with Gasteiger partial charge in [-0.15, -0.1) is 0 Å². The third-order valence-electron chi connectivity index (χ3n) is 1.63. The standard InChI is InChI=1S/C10H11Cl3O/c1-2-6-14-9-5-3-4-8(7-9)10(11,12)13/h3-5,7H,2,6H2,1H3. The monoisotopic (exact) mass is 252 g/mol. The lowest BCUT2D eigenvalue weighted by Crippen LogP contribution is -2.01. The van der Waals surface area contributed by atoms with Crippen LogP contribution in [0.5, 0.6) is 5.75 Å². The zero-order valence-corrected chi connectivity index (χ0v) is 10.0. The number of halogens is 3. The molecule has 0 saturated heterocycles. The molecule has 0 radical (unpaired) electrons. The first-order valence-electron chi connectivity index (χ1n) is 4.34. The van der Waals surface area contributed by atoms with Gasteiger partial charge < -0.3 is 4.74 Å². The highest BCUT2D eigenvalue weighted by atomic mass is 35.6. The number of benzene rings is 1. The molecule has 0 unspecified atom stereocenters. The molecule has 0 spiro atoms. The zero-order chi connectivity index (χ0) is 10.6. The van der Waals surface area contributed by atoms with Crippen molar-refractivity contribution in [3.8, 4) is 5.75 Å². The molecular weight excluding hydrogens is 242 g/mol. The Bertz CT molecular complexity index is 294. The SMILES string of the molecule is CCCOc1cccc(C(Cl)(Cl)Cl)c1. The summed E-state index contributed by atoms with van der Waals surface area (Å²) in [4.78, 5) is 0.